The lowest BCUT2D eigenvalue weighted by atomic mass is 9.91. The molecule has 1 aliphatic heterocycles. The molecule has 0 bridgehead atoms. The Morgan fingerprint density at radius 3 is 2.88 bits per heavy atom. The van der Waals surface area contributed by atoms with E-state index in [9.17, 15) is 4.79 Å². The highest BCUT2D eigenvalue weighted by Gasteiger charge is 2.34. The number of carbonyl (C=O) groups is 1. The zero-order chi connectivity index (χ0) is 17.4. The fourth-order valence-electron chi connectivity index (χ4n) is 3.34. The third kappa shape index (κ3) is 2.46. The number of fused-ring (bicyclic) bond motifs is 2. The molecule has 0 radical (unpaired) electrons. The van der Waals surface area contributed by atoms with Crippen LogP contribution in [0, 0.1) is 0 Å². The van der Waals surface area contributed by atoms with Crippen LogP contribution >= 0.6 is 0 Å². The van der Waals surface area contributed by atoms with Gasteiger partial charge in [-0.3, -0.25) is 0 Å². The lowest BCUT2D eigenvalue weighted by Gasteiger charge is -2.28. The van der Waals surface area contributed by atoms with E-state index in [1.165, 1.54) is 6.33 Å². The summed E-state index contributed by atoms with van der Waals surface area (Å²) >= 11 is 0. The third-order valence-corrected chi connectivity index (χ3v) is 4.41. The van der Waals surface area contributed by atoms with Crippen molar-refractivity contribution in [2.75, 3.05) is 11.9 Å². The Kier molecular flexibility index (Phi) is 3.72. The number of hydrogen-bond acceptors (Lipinski definition) is 5. The number of allylic oxidation sites excluding steroid dienone is 1. The van der Waals surface area contributed by atoms with E-state index in [-0.39, 0.29) is 12.0 Å². The molecule has 0 aliphatic carbocycles. The first-order valence-corrected chi connectivity index (χ1v) is 8.22. The first kappa shape index (κ1) is 15.4. The highest BCUT2D eigenvalue weighted by Crippen LogP contribution is 2.38. The van der Waals surface area contributed by atoms with Crippen molar-refractivity contribution in [2.24, 2.45) is 0 Å². The van der Waals surface area contributed by atoms with Crippen molar-refractivity contribution in [1.82, 2.24) is 14.8 Å². The lowest BCUT2D eigenvalue weighted by Crippen LogP contribution is -2.29. The van der Waals surface area contributed by atoms with Crippen LogP contribution in [-0.4, -0.2) is 27.3 Å². The Labute approximate surface area is 145 Å². The van der Waals surface area contributed by atoms with Crippen molar-refractivity contribution in [3.63, 3.8) is 0 Å². The quantitative estimate of drug-likeness (QED) is 0.745. The van der Waals surface area contributed by atoms with Crippen molar-refractivity contribution in [1.29, 1.82) is 0 Å². The van der Waals surface area contributed by atoms with Crippen LogP contribution in [0.4, 0.5) is 5.95 Å². The van der Waals surface area contributed by atoms with Crippen molar-refractivity contribution < 1.29 is 9.53 Å². The Balaban J connectivity index is 1.97. The molecule has 4 rings (SSSR count). The molecule has 126 valence electrons. The number of nitrogens with one attached hydrogen (secondary N) is 1. The minimum absolute atomic E-state index is 0.322. The molecule has 6 nitrogen and oxygen atoms in total. The normalized spacial score (nSPS) is 16.5. The summed E-state index contributed by atoms with van der Waals surface area (Å²) < 4.78 is 7.05. The standard InChI is InChI=1S/C19H18N4O2/c1-3-25-18(24)16-12(2)22-19-20-11-21-23(19)17(16)15-10-6-8-13-7-4-5-9-14(13)15/h4-11,17H,3H2,1-2H3,(H,20,21,22). The van der Waals surface area contributed by atoms with Crippen LogP contribution in [0.1, 0.15) is 25.5 Å². The summed E-state index contributed by atoms with van der Waals surface area (Å²) in [5.41, 5.74) is 2.28. The fourth-order valence-corrected chi connectivity index (χ4v) is 3.34. The molecule has 1 aromatic heterocycles. The molecule has 1 N–H and O–H groups in total. The van der Waals surface area contributed by atoms with E-state index in [1.54, 1.807) is 11.6 Å². The summed E-state index contributed by atoms with van der Waals surface area (Å²) in [6.07, 6.45) is 1.49. The minimum Gasteiger partial charge on any atom is -0.463 e. The number of ether oxygens (including phenoxy) is 1. The highest BCUT2D eigenvalue weighted by atomic mass is 16.5. The SMILES string of the molecule is CCOC(=O)C1=C(C)Nc2ncnn2C1c1cccc2ccccc12. The molecule has 0 spiro atoms. The summed E-state index contributed by atoms with van der Waals surface area (Å²) in [5, 5.41) is 9.68. The zero-order valence-corrected chi connectivity index (χ0v) is 14.1. The van der Waals surface area contributed by atoms with Crippen LogP contribution in [0.15, 0.2) is 60.1 Å². The molecular weight excluding hydrogens is 316 g/mol. The first-order valence-electron chi connectivity index (χ1n) is 8.22. The summed E-state index contributed by atoms with van der Waals surface area (Å²) in [6, 6.07) is 13.8. The van der Waals surface area contributed by atoms with Crippen LogP contribution < -0.4 is 5.32 Å². The number of esters is 1. The maximum atomic E-state index is 12.7. The van der Waals surface area contributed by atoms with Gasteiger partial charge in [0.1, 0.15) is 12.4 Å². The second-order valence-corrected chi connectivity index (χ2v) is 5.88. The molecule has 1 aliphatic rings. The number of benzene rings is 2. The van der Waals surface area contributed by atoms with Crippen LogP contribution in [0.5, 0.6) is 0 Å². The molecule has 2 aromatic carbocycles. The van der Waals surface area contributed by atoms with Gasteiger partial charge in [0.05, 0.1) is 12.2 Å². The molecule has 3 aromatic rings. The molecular formula is C19H18N4O2. The van der Waals surface area contributed by atoms with E-state index in [4.69, 9.17) is 4.74 Å². The largest absolute Gasteiger partial charge is 0.463 e. The molecule has 0 saturated heterocycles. The van der Waals surface area contributed by atoms with Gasteiger partial charge in [0, 0.05) is 5.70 Å². The second kappa shape index (κ2) is 6.05. The van der Waals surface area contributed by atoms with E-state index in [0.29, 0.717) is 18.1 Å². The van der Waals surface area contributed by atoms with Gasteiger partial charge in [0.25, 0.3) is 0 Å². The Bertz CT molecular complexity index is 985. The molecule has 2 heterocycles. The predicted molar refractivity (Wildman–Crippen MR) is 95.1 cm³/mol. The molecule has 25 heavy (non-hydrogen) atoms. The molecule has 1 unspecified atom stereocenters. The van der Waals surface area contributed by atoms with Crippen LogP contribution in [-0.2, 0) is 9.53 Å². The predicted octanol–water partition coefficient (Wildman–Crippen LogP) is 3.28. The van der Waals surface area contributed by atoms with Gasteiger partial charge in [-0.2, -0.15) is 10.1 Å². The van der Waals surface area contributed by atoms with Crippen LogP contribution in [0.3, 0.4) is 0 Å². The summed E-state index contributed by atoms with van der Waals surface area (Å²) in [7, 11) is 0. The average Bonchev–Trinajstić information content (AvgIpc) is 3.08. The van der Waals surface area contributed by atoms with Gasteiger partial charge in [-0.05, 0) is 30.2 Å². The third-order valence-electron chi connectivity index (χ3n) is 4.41. The van der Waals surface area contributed by atoms with Crippen LogP contribution in [0.25, 0.3) is 10.8 Å². The first-order chi connectivity index (χ1) is 12.2. The number of carbonyl (C=O) groups excluding carboxylic acids is 1. The van der Waals surface area contributed by atoms with Gasteiger partial charge in [0.15, 0.2) is 0 Å². The number of rotatable bonds is 3. The molecule has 0 saturated carbocycles. The average molecular weight is 334 g/mol. The number of hydrogen-bond donors (Lipinski definition) is 1. The smallest absolute Gasteiger partial charge is 0.338 e. The topological polar surface area (TPSA) is 69.0 Å². The van der Waals surface area contributed by atoms with Gasteiger partial charge in [-0.1, -0.05) is 42.5 Å². The lowest BCUT2D eigenvalue weighted by molar-refractivity contribution is -0.139. The summed E-state index contributed by atoms with van der Waals surface area (Å²) in [4.78, 5) is 16.9. The Morgan fingerprint density at radius 1 is 1.24 bits per heavy atom. The van der Waals surface area contributed by atoms with Crippen LogP contribution in [0.2, 0.25) is 0 Å². The molecule has 0 amide bonds. The fraction of sp³-hybridized carbons (Fsp3) is 0.211. The molecule has 6 heteroatoms. The Morgan fingerprint density at radius 2 is 2.04 bits per heavy atom. The molecule has 1 atom stereocenters. The van der Waals surface area contributed by atoms with Gasteiger partial charge >= 0.3 is 5.97 Å². The van der Waals surface area contributed by atoms with Crippen molar-refractivity contribution in [3.05, 3.63) is 65.6 Å². The number of aromatic nitrogens is 3. The summed E-state index contributed by atoms with van der Waals surface area (Å²) in [6.45, 7) is 3.99. The van der Waals surface area contributed by atoms with E-state index < -0.39 is 0 Å². The maximum absolute atomic E-state index is 12.7. The minimum atomic E-state index is -0.385. The van der Waals surface area contributed by atoms with Gasteiger partial charge < -0.3 is 10.1 Å². The number of anilines is 1. The molecule has 0 fully saturated rings. The Hall–Kier alpha value is -3.15. The highest BCUT2D eigenvalue weighted by molar-refractivity contribution is 5.95. The van der Waals surface area contributed by atoms with Gasteiger partial charge in [-0.15, -0.1) is 0 Å². The zero-order valence-electron chi connectivity index (χ0n) is 14.1. The van der Waals surface area contributed by atoms with Gasteiger partial charge in [-0.25, -0.2) is 9.48 Å². The number of nitrogens with zero attached hydrogens (tertiary/aromatic N) is 3. The summed E-state index contributed by atoms with van der Waals surface area (Å²) in [5.74, 6) is 0.273. The van der Waals surface area contributed by atoms with E-state index in [0.717, 1.165) is 22.0 Å². The van der Waals surface area contributed by atoms with E-state index in [1.807, 2.05) is 31.2 Å². The van der Waals surface area contributed by atoms with E-state index in [2.05, 4.69) is 33.6 Å². The maximum Gasteiger partial charge on any atom is 0.338 e. The monoisotopic (exact) mass is 334 g/mol. The van der Waals surface area contributed by atoms with Crippen molar-refractivity contribution in [3.8, 4) is 0 Å². The van der Waals surface area contributed by atoms with Gasteiger partial charge in [0.2, 0.25) is 5.95 Å². The van der Waals surface area contributed by atoms with E-state index >= 15 is 0 Å². The van der Waals surface area contributed by atoms with Crippen molar-refractivity contribution >= 4 is 22.7 Å². The van der Waals surface area contributed by atoms with Crippen molar-refractivity contribution in [2.45, 2.75) is 19.9 Å². The second-order valence-electron chi connectivity index (χ2n) is 5.88.